The van der Waals surface area contributed by atoms with Crippen molar-refractivity contribution < 1.29 is 0 Å². The van der Waals surface area contributed by atoms with Gasteiger partial charge in [-0.15, -0.1) is 0 Å². The van der Waals surface area contributed by atoms with Crippen LogP contribution in [0.5, 0.6) is 0 Å². The highest BCUT2D eigenvalue weighted by atomic mass is 15.0. The van der Waals surface area contributed by atoms with Gasteiger partial charge in [0.1, 0.15) is 5.54 Å². The molecule has 0 bridgehead atoms. The number of nitrogens with one attached hydrogen (secondary N) is 1. The summed E-state index contributed by atoms with van der Waals surface area (Å²) in [5.74, 6) is 0. The Morgan fingerprint density at radius 2 is 2.12 bits per heavy atom. The van der Waals surface area contributed by atoms with Crippen molar-refractivity contribution in [3.05, 3.63) is 29.8 Å². The molecule has 1 aromatic carbocycles. The lowest BCUT2D eigenvalue weighted by atomic mass is 9.85. The van der Waals surface area contributed by atoms with E-state index in [0.29, 0.717) is 0 Å². The van der Waals surface area contributed by atoms with E-state index in [-0.39, 0.29) is 5.41 Å². The zero-order chi connectivity index (χ0) is 11.8. The van der Waals surface area contributed by atoms with Crippen molar-refractivity contribution in [2.75, 3.05) is 5.32 Å². The van der Waals surface area contributed by atoms with Gasteiger partial charge in [-0.2, -0.15) is 5.26 Å². The molecule has 2 rings (SSSR count). The third kappa shape index (κ3) is 1.78. The monoisotopic (exact) mass is 214 g/mol. The number of hydrogen-bond acceptors (Lipinski definition) is 2. The number of benzene rings is 1. The molecule has 0 radical (unpaired) electrons. The molecule has 0 aromatic heterocycles. The Kier molecular flexibility index (Phi) is 2.42. The summed E-state index contributed by atoms with van der Waals surface area (Å²) < 4.78 is 0. The lowest BCUT2D eigenvalue weighted by Crippen LogP contribution is -2.41. The minimum atomic E-state index is -0.458. The standard InChI is InChI=1S/C14H18N2/c1-11-5-4-6-12(9-11)16-14(3,10-15)13(2)7-8-13/h4-6,9,16H,7-8H2,1-3H3. The molecule has 1 fully saturated rings. The molecular formula is C14H18N2. The molecule has 16 heavy (non-hydrogen) atoms. The molecule has 1 unspecified atom stereocenters. The van der Waals surface area contributed by atoms with Crippen molar-refractivity contribution in [1.29, 1.82) is 5.26 Å². The lowest BCUT2D eigenvalue weighted by Gasteiger charge is -2.31. The summed E-state index contributed by atoms with van der Waals surface area (Å²) in [6, 6.07) is 10.6. The summed E-state index contributed by atoms with van der Waals surface area (Å²) >= 11 is 0. The summed E-state index contributed by atoms with van der Waals surface area (Å²) in [5.41, 5.74) is 1.93. The van der Waals surface area contributed by atoms with Gasteiger partial charge in [0.25, 0.3) is 0 Å². The van der Waals surface area contributed by atoms with Gasteiger partial charge in [-0.3, -0.25) is 0 Å². The van der Waals surface area contributed by atoms with Crippen LogP contribution in [0.4, 0.5) is 5.69 Å². The van der Waals surface area contributed by atoms with Crippen LogP contribution in [0.25, 0.3) is 0 Å². The van der Waals surface area contributed by atoms with Crippen molar-refractivity contribution in [3.63, 3.8) is 0 Å². The zero-order valence-corrected chi connectivity index (χ0v) is 10.2. The fraction of sp³-hybridized carbons (Fsp3) is 0.500. The van der Waals surface area contributed by atoms with Crippen LogP contribution in [0.15, 0.2) is 24.3 Å². The maximum atomic E-state index is 9.38. The average molecular weight is 214 g/mol. The van der Waals surface area contributed by atoms with E-state index in [1.54, 1.807) is 0 Å². The van der Waals surface area contributed by atoms with Gasteiger partial charge >= 0.3 is 0 Å². The Labute approximate surface area is 97.3 Å². The summed E-state index contributed by atoms with van der Waals surface area (Å²) in [6.45, 7) is 6.25. The number of nitriles is 1. The minimum Gasteiger partial charge on any atom is -0.367 e. The van der Waals surface area contributed by atoms with E-state index >= 15 is 0 Å². The van der Waals surface area contributed by atoms with Crippen molar-refractivity contribution in [3.8, 4) is 6.07 Å². The Morgan fingerprint density at radius 1 is 1.44 bits per heavy atom. The van der Waals surface area contributed by atoms with Crippen molar-refractivity contribution in [1.82, 2.24) is 0 Å². The maximum Gasteiger partial charge on any atom is 0.127 e. The highest BCUT2D eigenvalue weighted by Gasteiger charge is 2.53. The SMILES string of the molecule is Cc1cccc(NC(C)(C#N)C2(C)CC2)c1. The van der Waals surface area contributed by atoms with Crippen LogP contribution in [0.2, 0.25) is 0 Å². The third-order valence-corrected chi connectivity index (χ3v) is 3.84. The summed E-state index contributed by atoms with van der Waals surface area (Å²) in [4.78, 5) is 0. The van der Waals surface area contributed by atoms with Crippen LogP contribution in [0, 0.1) is 23.7 Å². The van der Waals surface area contributed by atoms with Crippen LogP contribution in [0.3, 0.4) is 0 Å². The van der Waals surface area contributed by atoms with E-state index < -0.39 is 5.54 Å². The van der Waals surface area contributed by atoms with E-state index in [9.17, 15) is 5.26 Å². The second-order valence-electron chi connectivity index (χ2n) is 5.29. The van der Waals surface area contributed by atoms with Gasteiger partial charge < -0.3 is 5.32 Å². The first-order valence-electron chi connectivity index (χ1n) is 5.75. The fourth-order valence-corrected chi connectivity index (χ4v) is 2.01. The molecule has 1 aliphatic carbocycles. The van der Waals surface area contributed by atoms with Crippen molar-refractivity contribution in [2.45, 2.75) is 39.2 Å². The molecule has 84 valence electrons. The van der Waals surface area contributed by atoms with Crippen LogP contribution < -0.4 is 5.32 Å². The number of nitrogens with zero attached hydrogens (tertiary/aromatic N) is 1. The quantitative estimate of drug-likeness (QED) is 0.836. The molecular weight excluding hydrogens is 196 g/mol. The van der Waals surface area contributed by atoms with Gasteiger partial charge in [0.2, 0.25) is 0 Å². The fourth-order valence-electron chi connectivity index (χ4n) is 2.01. The largest absolute Gasteiger partial charge is 0.367 e. The predicted octanol–water partition coefficient (Wildman–Crippen LogP) is 3.49. The number of hydrogen-bond donors (Lipinski definition) is 1. The smallest absolute Gasteiger partial charge is 0.127 e. The molecule has 0 aliphatic heterocycles. The molecule has 2 heteroatoms. The zero-order valence-electron chi connectivity index (χ0n) is 10.2. The van der Waals surface area contributed by atoms with Gasteiger partial charge in [0.15, 0.2) is 0 Å². The first-order valence-corrected chi connectivity index (χ1v) is 5.75. The maximum absolute atomic E-state index is 9.38. The summed E-state index contributed by atoms with van der Waals surface area (Å²) in [5, 5.41) is 12.8. The van der Waals surface area contributed by atoms with Gasteiger partial charge in [-0.25, -0.2) is 0 Å². The minimum absolute atomic E-state index is 0.130. The molecule has 0 heterocycles. The second-order valence-corrected chi connectivity index (χ2v) is 5.29. The first-order chi connectivity index (χ1) is 7.49. The number of anilines is 1. The van der Waals surface area contributed by atoms with Crippen LogP contribution >= 0.6 is 0 Å². The van der Waals surface area contributed by atoms with E-state index in [1.165, 1.54) is 5.56 Å². The van der Waals surface area contributed by atoms with E-state index in [2.05, 4.69) is 37.4 Å². The van der Waals surface area contributed by atoms with E-state index in [4.69, 9.17) is 0 Å². The van der Waals surface area contributed by atoms with Crippen LogP contribution in [0.1, 0.15) is 32.3 Å². The summed E-state index contributed by atoms with van der Waals surface area (Å²) in [7, 11) is 0. The predicted molar refractivity (Wildman–Crippen MR) is 66.2 cm³/mol. The lowest BCUT2D eigenvalue weighted by molar-refractivity contribution is 0.405. The topological polar surface area (TPSA) is 35.8 Å². The molecule has 0 spiro atoms. The van der Waals surface area contributed by atoms with Gasteiger partial charge in [-0.1, -0.05) is 19.1 Å². The average Bonchev–Trinajstić information content (AvgIpc) is 2.98. The Bertz CT molecular complexity index is 440. The van der Waals surface area contributed by atoms with Crippen molar-refractivity contribution >= 4 is 5.69 Å². The molecule has 1 saturated carbocycles. The van der Waals surface area contributed by atoms with Crippen LogP contribution in [-0.2, 0) is 0 Å². The molecule has 1 N–H and O–H groups in total. The third-order valence-electron chi connectivity index (χ3n) is 3.84. The Morgan fingerprint density at radius 3 is 2.62 bits per heavy atom. The highest BCUT2D eigenvalue weighted by molar-refractivity contribution is 5.50. The Balaban J connectivity index is 2.23. The van der Waals surface area contributed by atoms with E-state index in [0.717, 1.165) is 18.5 Å². The molecule has 0 saturated heterocycles. The van der Waals surface area contributed by atoms with Gasteiger partial charge in [0.05, 0.1) is 6.07 Å². The number of aryl methyl sites for hydroxylation is 1. The van der Waals surface area contributed by atoms with Crippen LogP contribution in [-0.4, -0.2) is 5.54 Å². The van der Waals surface area contributed by atoms with Gasteiger partial charge in [0, 0.05) is 11.1 Å². The van der Waals surface area contributed by atoms with E-state index in [1.807, 2.05) is 19.1 Å². The highest BCUT2D eigenvalue weighted by Crippen LogP contribution is 2.54. The van der Waals surface area contributed by atoms with Gasteiger partial charge in [-0.05, 0) is 44.4 Å². The Hall–Kier alpha value is -1.49. The molecule has 1 aliphatic rings. The van der Waals surface area contributed by atoms with Crippen molar-refractivity contribution in [2.24, 2.45) is 5.41 Å². The first kappa shape index (κ1) is 11.0. The summed E-state index contributed by atoms with van der Waals surface area (Å²) in [6.07, 6.45) is 2.27. The molecule has 1 atom stereocenters. The molecule has 1 aromatic rings. The number of rotatable bonds is 3. The molecule has 0 amide bonds. The molecule has 2 nitrogen and oxygen atoms in total. The normalized spacial score (nSPS) is 20.6. The second kappa shape index (κ2) is 3.52.